The summed E-state index contributed by atoms with van der Waals surface area (Å²) in [7, 11) is 1.29. The van der Waals surface area contributed by atoms with Gasteiger partial charge in [0.15, 0.2) is 0 Å². The summed E-state index contributed by atoms with van der Waals surface area (Å²) in [4.78, 5) is 0. The van der Waals surface area contributed by atoms with E-state index in [9.17, 15) is 0 Å². The van der Waals surface area contributed by atoms with Crippen LogP contribution in [-0.4, -0.2) is 25.8 Å². The highest BCUT2D eigenvalue weighted by atomic mass is 28.3. The van der Waals surface area contributed by atoms with Gasteiger partial charge in [0.2, 0.25) is 0 Å². The van der Waals surface area contributed by atoms with E-state index in [2.05, 4.69) is 87.4 Å². The SMILES string of the molecule is C[N+](Cc1ccccc1)(Cc1ccccc1)C[Si](C)(C)C. The van der Waals surface area contributed by atoms with Crippen LogP contribution in [0.2, 0.25) is 19.6 Å². The molecule has 0 amide bonds. The van der Waals surface area contributed by atoms with Crippen LogP contribution in [-0.2, 0) is 13.1 Å². The van der Waals surface area contributed by atoms with Crippen molar-refractivity contribution in [3.63, 3.8) is 0 Å². The normalized spacial score (nSPS) is 12.4. The summed E-state index contributed by atoms with van der Waals surface area (Å²) in [5.74, 6) is 0. The average molecular weight is 299 g/mol. The van der Waals surface area contributed by atoms with Crippen LogP contribution in [0.15, 0.2) is 60.7 Å². The Morgan fingerprint density at radius 1 is 0.714 bits per heavy atom. The van der Waals surface area contributed by atoms with Crippen LogP contribution in [0.1, 0.15) is 11.1 Å². The minimum absolute atomic E-state index is 1.10. The lowest BCUT2D eigenvalue weighted by Gasteiger charge is -2.39. The molecule has 0 fully saturated rings. The molecular weight excluding hydrogens is 270 g/mol. The maximum absolute atomic E-state index is 2.47. The van der Waals surface area contributed by atoms with Gasteiger partial charge >= 0.3 is 0 Å². The molecule has 0 aliphatic carbocycles. The van der Waals surface area contributed by atoms with Gasteiger partial charge in [0.25, 0.3) is 0 Å². The fourth-order valence-electron chi connectivity index (χ4n) is 3.36. The molecule has 2 heteroatoms. The summed E-state index contributed by atoms with van der Waals surface area (Å²) in [5.41, 5.74) is 2.88. The van der Waals surface area contributed by atoms with E-state index in [1.54, 1.807) is 0 Å². The van der Waals surface area contributed by atoms with Gasteiger partial charge in [-0.15, -0.1) is 0 Å². The Morgan fingerprint density at radius 2 is 1.10 bits per heavy atom. The van der Waals surface area contributed by atoms with Gasteiger partial charge < -0.3 is 4.48 Å². The van der Waals surface area contributed by atoms with Gasteiger partial charge in [-0.25, -0.2) is 0 Å². The largest absolute Gasteiger partial charge is 0.322 e. The third-order valence-corrected chi connectivity index (χ3v) is 5.38. The first-order valence-electron chi connectivity index (χ1n) is 7.78. The summed E-state index contributed by atoms with van der Waals surface area (Å²) >= 11 is 0. The van der Waals surface area contributed by atoms with E-state index in [1.165, 1.54) is 17.3 Å². The molecular formula is C19H28NSi+. The summed E-state index contributed by atoms with van der Waals surface area (Å²) < 4.78 is 1.10. The number of nitrogens with zero attached hydrogens (tertiary/aromatic N) is 1. The van der Waals surface area contributed by atoms with Gasteiger partial charge in [0, 0.05) is 11.1 Å². The van der Waals surface area contributed by atoms with Crippen molar-refractivity contribution in [3.8, 4) is 0 Å². The fraction of sp³-hybridized carbons (Fsp3) is 0.368. The zero-order valence-corrected chi connectivity index (χ0v) is 14.8. The lowest BCUT2D eigenvalue weighted by atomic mass is 10.1. The number of hydrogen-bond acceptors (Lipinski definition) is 0. The minimum atomic E-state index is -1.13. The standard InChI is InChI=1S/C19H28NSi/c1-20(17-21(2,3)4,15-18-11-7-5-8-12-18)16-19-13-9-6-10-14-19/h5-14H,15-17H2,1-4H3/q+1. The molecule has 2 aromatic rings. The third-order valence-electron chi connectivity index (χ3n) is 3.67. The van der Waals surface area contributed by atoms with E-state index in [0.29, 0.717) is 0 Å². The van der Waals surface area contributed by atoms with Crippen molar-refractivity contribution in [3.05, 3.63) is 71.8 Å². The Labute approximate surface area is 130 Å². The summed E-state index contributed by atoms with van der Waals surface area (Å²) in [6, 6.07) is 21.8. The number of rotatable bonds is 6. The number of benzene rings is 2. The molecule has 0 unspecified atom stereocenters. The number of hydrogen-bond donors (Lipinski definition) is 0. The second kappa shape index (κ2) is 6.59. The molecule has 21 heavy (non-hydrogen) atoms. The van der Waals surface area contributed by atoms with E-state index in [-0.39, 0.29) is 0 Å². The third kappa shape index (κ3) is 5.48. The molecule has 0 saturated carbocycles. The molecule has 1 nitrogen and oxygen atoms in total. The number of quaternary nitrogens is 1. The molecule has 112 valence electrons. The second-order valence-electron chi connectivity index (χ2n) is 7.63. The Hall–Kier alpha value is -1.38. The van der Waals surface area contributed by atoms with Crippen LogP contribution in [0.4, 0.5) is 0 Å². The predicted octanol–water partition coefficient (Wildman–Crippen LogP) is 4.71. The smallest absolute Gasteiger partial charge is 0.110 e. The fourth-order valence-corrected chi connectivity index (χ4v) is 5.88. The molecule has 0 saturated heterocycles. The lowest BCUT2D eigenvalue weighted by Crippen LogP contribution is -2.52. The van der Waals surface area contributed by atoms with Gasteiger partial charge in [0.1, 0.15) is 21.2 Å². The molecule has 2 rings (SSSR count). The van der Waals surface area contributed by atoms with E-state index in [0.717, 1.165) is 17.6 Å². The highest BCUT2D eigenvalue weighted by molar-refractivity contribution is 6.75. The molecule has 0 N–H and O–H groups in total. The Kier molecular flexibility index (Phi) is 5.02. The molecule has 0 heterocycles. The van der Waals surface area contributed by atoms with Gasteiger partial charge in [-0.1, -0.05) is 80.3 Å². The van der Waals surface area contributed by atoms with Crippen molar-refractivity contribution >= 4 is 8.07 Å². The first kappa shape index (κ1) is 16.0. The molecule has 0 spiro atoms. The van der Waals surface area contributed by atoms with Crippen LogP contribution in [0.5, 0.6) is 0 Å². The van der Waals surface area contributed by atoms with Crippen molar-refractivity contribution in [2.75, 3.05) is 13.2 Å². The minimum Gasteiger partial charge on any atom is -0.322 e. The van der Waals surface area contributed by atoms with Gasteiger partial charge in [-0.3, -0.25) is 0 Å². The molecule has 0 aromatic heterocycles. The van der Waals surface area contributed by atoms with Crippen molar-refractivity contribution in [2.45, 2.75) is 32.7 Å². The monoisotopic (exact) mass is 298 g/mol. The first-order chi connectivity index (χ1) is 9.86. The average Bonchev–Trinajstić information content (AvgIpc) is 2.38. The van der Waals surface area contributed by atoms with Crippen molar-refractivity contribution < 1.29 is 4.48 Å². The lowest BCUT2D eigenvalue weighted by molar-refractivity contribution is -0.926. The van der Waals surface area contributed by atoms with Crippen LogP contribution in [0.25, 0.3) is 0 Å². The second-order valence-corrected chi connectivity index (χ2v) is 13.1. The van der Waals surface area contributed by atoms with E-state index in [4.69, 9.17) is 0 Å². The maximum atomic E-state index is 2.47. The maximum Gasteiger partial charge on any atom is 0.110 e. The summed E-state index contributed by atoms with van der Waals surface area (Å²) in [6.07, 6.45) is 1.30. The zero-order valence-electron chi connectivity index (χ0n) is 13.8. The van der Waals surface area contributed by atoms with Gasteiger partial charge in [-0.2, -0.15) is 0 Å². The van der Waals surface area contributed by atoms with Crippen molar-refractivity contribution in [1.82, 2.24) is 0 Å². The van der Waals surface area contributed by atoms with Gasteiger partial charge in [0.05, 0.1) is 13.2 Å². The van der Waals surface area contributed by atoms with E-state index < -0.39 is 8.07 Å². The molecule has 0 aliphatic rings. The Bertz CT molecular complexity index is 501. The molecule has 0 radical (unpaired) electrons. The Balaban J connectivity index is 2.21. The predicted molar refractivity (Wildman–Crippen MR) is 94.7 cm³/mol. The highest BCUT2D eigenvalue weighted by Gasteiger charge is 2.30. The molecule has 2 aromatic carbocycles. The zero-order chi connectivity index (χ0) is 15.3. The molecule has 0 aliphatic heterocycles. The summed E-state index contributed by atoms with van der Waals surface area (Å²) in [5, 5.41) is 0. The topological polar surface area (TPSA) is 0 Å². The first-order valence-corrected chi connectivity index (χ1v) is 11.5. The van der Waals surface area contributed by atoms with Crippen LogP contribution < -0.4 is 0 Å². The van der Waals surface area contributed by atoms with E-state index >= 15 is 0 Å². The molecule has 0 bridgehead atoms. The van der Waals surface area contributed by atoms with Crippen LogP contribution in [0.3, 0.4) is 0 Å². The van der Waals surface area contributed by atoms with E-state index in [1.807, 2.05) is 0 Å². The van der Waals surface area contributed by atoms with Crippen molar-refractivity contribution in [2.24, 2.45) is 0 Å². The molecule has 0 atom stereocenters. The van der Waals surface area contributed by atoms with Gasteiger partial charge in [-0.05, 0) is 0 Å². The quantitative estimate of drug-likeness (QED) is 0.535. The van der Waals surface area contributed by atoms with Crippen LogP contribution >= 0.6 is 0 Å². The van der Waals surface area contributed by atoms with Crippen LogP contribution in [0, 0.1) is 0 Å². The summed E-state index contributed by atoms with van der Waals surface area (Å²) in [6.45, 7) is 9.64. The van der Waals surface area contributed by atoms with Crippen molar-refractivity contribution in [1.29, 1.82) is 0 Å². The Morgan fingerprint density at radius 3 is 1.43 bits per heavy atom. The highest BCUT2D eigenvalue weighted by Crippen LogP contribution is 2.20.